The number of thioether (sulfide) groups is 1. The molecule has 1 atom stereocenters. The zero-order chi connectivity index (χ0) is 14.7. The molecule has 0 bridgehead atoms. The van der Waals surface area contributed by atoms with Crippen molar-refractivity contribution in [3.8, 4) is 0 Å². The first kappa shape index (κ1) is 14.8. The van der Waals surface area contributed by atoms with Crippen LogP contribution in [0.4, 0.5) is 0 Å². The molecule has 1 aromatic rings. The Bertz CT molecular complexity index is 491. The van der Waals surface area contributed by atoms with Gasteiger partial charge in [0, 0.05) is 38.3 Å². The Balaban J connectivity index is 1.43. The highest BCUT2D eigenvalue weighted by Gasteiger charge is 2.50. The van der Waals surface area contributed by atoms with Gasteiger partial charge in [0.2, 0.25) is 5.91 Å². The fourth-order valence-electron chi connectivity index (χ4n) is 2.87. The minimum atomic E-state index is 0.0865. The Morgan fingerprint density at radius 3 is 3.14 bits per heavy atom. The lowest BCUT2D eigenvalue weighted by molar-refractivity contribution is -0.140. The molecule has 2 fully saturated rings. The van der Waals surface area contributed by atoms with Gasteiger partial charge in [0.25, 0.3) is 0 Å². The maximum absolute atomic E-state index is 11.7. The molecule has 0 N–H and O–H groups in total. The molecule has 0 aromatic carbocycles. The van der Waals surface area contributed by atoms with E-state index in [0.29, 0.717) is 6.61 Å². The highest BCUT2D eigenvalue weighted by atomic mass is 32.2. The zero-order valence-electron chi connectivity index (χ0n) is 12.2. The lowest BCUT2D eigenvalue weighted by Gasteiger charge is -2.47. The van der Waals surface area contributed by atoms with Gasteiger partial charge in [-0.3, -0.25) is 9.78 Å². The van der Waals surface area contributed by atoms with E-state index >= 15 is 0 Å². The van der Waals surface area contributed by atoms with E-state index in [1.807, 2.05) is 35.0 Å². The molecule has 6 heteroatoms. The van der Waals surface area contributed by atoms with Gasteiger partial charge >= 0.3 is 0 Å². The zero-order valence-corrected chi connectivity index (χ0v) is 13.0. The first-order chi connectivity index (χ1) is 10.2. The highest BCUT2D eigenvalue weighted by Crippen LogP contribution is 2.46. The maximum atomic E-state index is 11.7. The third-order valence-corrected chi connectivity index (χ3v) is 5.54. The summed E-state index contributed by atoms with van der Waals surface area (Å²) in [7, 11) is 1.56. The lowest BCUT2D eigenvalue weighted by atomic mass is 9.93. The van der Waals surface area contributed by atoms with Gasteiger partial charge in [0.05, 0.1) is 17.5 Å². The number of methoxy groups -OCH3 is 1. The van der Waals surface area contributed by atoms with Crippen LogP contribution in [0, 0.1) is 0 Å². The SMILES string of the molecule is COCC(=O)N1CC2(CC(OCc3cccnc3)CS2)C1. The van der Waals surface area contributed by atoms with Crippen molar-refractivity contribution in [2.45, 2.75) is 23.9 Å². The van der Waals surface area contributed by atoms with Crippen molar-refractivity contribution >= 4 is 17.7 Å². The van der Waals surface area contributed by atoms with Crippen LogP contribution < -0.4 is 0 Å². The Labute approximate surface area is 129 Å². The van der Waals surface area contributed by atoms with Crippen molar-refractivity contribution in [1.82, 2.24) is 9.88 Å². The van der Waals surface area contributed by atoms with E-state index in [1.54, 1.807) is 13.3 Å². The van der Waals surface area contributed by atoms with Crippen LogP contribution in [0.5, 0.6) is 0 Å². The molecule has 1 spiro atoms. The summed E-state index contributed by atoms with van der Waals surface area (Å²) < 4.78 is 11.1. The third-order valence-electron chi connectivity index (χ3n) is 3.96. The van der Waals surface area contributed by atoms with Gasteiger partial charge in [0.1, 0.15) is 6.61 Å². The summed E-state index contributed by atoms with van der Waals surface area (Å²) in [5.74, 6) is 1.09. The Morgan fingerprint density at radius 1 is 1.57 bits per heavy atom. The molecule has 2 saturated heterocycles. The second-order valence-electron chi connectivity index (χ2n) is 5.68. The van der Waals surface area contributed by atoms with Crippen molar-refractivity contribution in [2.75, 3.05) is 32.6 Å². The topological polar surface area (TPSA) is 51.7 Å². The molecule has 3 heterocycles. The summed E-state index contributed by atoms with van der Waals surface area (Å²) in [4.78, 5) is 17.7. The van der Waals surface area contributed by atoms with E-state index < -0.39 is 0 Å². The normalized spacial score (nSPS) is 23.3. The van der Waals surface area contributed by atoms with Gasteiger partial charge in [-0.15, -0.1) is 11.8 Å². The van der Waals surface area contributed by atoms with Crippen molar-refractivity contribution in [3.63, 3.8) is 0 Å². The molecule has 2 aliphatic rings. The number of rotatable bonds is 5. The largest absolute Gasteiger partial charge is 0.375 e. The predicted molar refractivity (Wildman–Crippen MR) is 81.1 cm³/mol. The molecule has 2 aliphatic heterocycles. The molecule has 1 amide bonds. The number of carbonyl (C=O) groups is 1. The summed E-state index contributed by atoms with van der Waals surface area (Å²) in [5, 5.41) is 0. The number of ether oxygens (including phenoxy) is 2. The van der Waals surface area contributed by atoms with Gasteiger partial charge < -0.3 is 14.4 Å². The van der Waals surface area contributed by atoms with E-state index in [2.05, 4.69) is 4.98 Å². The van der Waals surface area contributed by atoms with E-state index in [4.69, 9.17) is 9.47 Å². The van der Waals surface area contributed by atoms with Crippen LogP contribution in [0.25, 0.3) is 0 Å². The molecule has 0 aliphatic carbocycles. The Kier molecular flexibility index (Phi) is 4.47. The minimum Gasteiger partial charge on any atom is -0.375 e. The van der Waals surface area contributed by atoms with Crippen molar-refractivity contribution in [1.29, 1.82) is 0 Å². The maximum Gasteiger partial charge on any atom is 0.248 e. The van der Waals surface area contributed by atoms with E-state index in [1.165, 1.54) is 0 Å². The average molecular weight is 308 g/mol. The van der Waals surface area contributed by atoms with Crippen LogP contribution in [0.2, 0.25) is 0 Å². The number of hydrogen-bond donors (Lipinski definition) is 0. The molecule has 5 nitrogen and oxygen atoms in total. The summed E-state index contributed by atoms with van der Waals surface area (Å²) >= 11 is 1.94. The van der Waals surface area contributed by atoms with Crippen molar-refractivity contribution in [3.05, 3.63) is 30.1 Å². The molecular weight excluding hydrogens is 288 g/mol. The average Bonchev–Trinajstić information content (AvgIpc) is 2.89. The molecular formula is C15H20N2O3S. The van der Waals surface area contributed by atoms with E-state index in [-0.39, 0.29) is 23.4 Å². The van der Waals surface area contributed by atoms with Gasteiger partial charge in [-0.25, -0.2) is 0 Å². The molecule has 21 heavy (non-hydrogen) atoms. The quantitative estimate of drug-likeness (QED) is 0.821. The second-order valence-corrected chi connectivity index (χ2v) is 7.16. The summed E-state index contributed by atoms with van der Waals surface area (Å²) in [6.45, 7) is 2.45. The molecule has 0 radical (unpaired) electrons. The number of pyridine rings is 1. The molecule has 1 aromatic heterocycles. The fraction of sp³-hybridized carbons (Fsp3) is 0.600. The minimum absolute atomic E-state index is 0.0865. The van der Waals surface area contributed by atoms with Crippen molar-refractivity contribution in [2.24, 2.45) is 0 Å². The number of aromatic nitrogens is 1. The fourth-order valence-corrected chi connectivity index (χ4v) is 4.42. The second kappa shape index (κ2) is 6.34. The Morgan fingerprint density at radius 2 is 2.43 bits per heavy atom. The summed E-state index contributed by atoms with van der Waals surface area (Å²) in [6.07, 6.45) is 4.90. The molecule has 0 saturated carbocycles. The summed E-state index contributed by atoms with van der Waals surface area (Å²) in [6, 6.07) is 3.95. The number of amides is 1. The molecule has 3 rings (SSSR count). The number of likely N-dealkylation sites (tertiary alicyclic amines) is 1. The van der Waals surface area contributed by atoms with Crippen LogP contribution in [-0.2, 0) is 20.9 Å². The highest BCUT2D eigenvalue weighted by molar-refractivity contribution is 8.01. The van der Waals surface area contributed by atoms with Crippen molar-refractivity contribution < 1.29 is 14.3 Å². The molecule has 114 valence electrons. The standard InChI is InChI=1S/C15H20N2O3S/c1-19-8-14(18)17-10-15(11-17)5-13(9-21-15)20-7-12-3-2-4-16-6-12/h2-4,6,13H,5,7-11H2,1H3. The van der Waals surface area contributed by atoms with Gasteiger partial charge in [-0.05, 0) is 18.1 Å². The summed E-state index contributed by atoms with van der Waals surface area (Å²) in [5.41, 5.74) is 1.11. The van der Waals surface area contributed by atoms with Crippen LogP contribution in [-0.4, -0.2) is 59.2 Å². The monoisotopic (exact) mass is 308 g/mol. The Hall–Kier alpha value is -1.11. The number of hydrogen-bond acceptors (Lipinski definition) is 5. The number of nitrogens with zero attached hydrogens (tertiary/aromatic N) is 2. The number of carbonyl (C=O) groups excluding carboxylic acids is 1. The van der Waals surface area contributed by atoms with Crippen LogP contribution in [0.3, 0.4) is 0 Å². The first-order valence-corrected chi connectivity index (χ1v) is 8.10. The lowest BCUT2D eigenvalue weighted by Crippen LogP contribution is -2.61. The van der Waals surface area contributed by atoms with Gasteiger partial charge in [-0.1, -0.05) is 6.07 Å². The molecule has 1 unspecified atom stereocenters. The van der Waals surface area contributed by atoms with Crippen LogP contribution in [0.1, 0.15) is 12.0 Å². The third kappa shape index (κ3) is 3.39. The van der Waals surface area contributed by atoms with E-state index in [9.17, 15) is 4.79 Å². The van der Waals surface area contributed by atoms with Gasteiger partial charge in [-0.2, -0.15) is 0 Å². The van der Waals surface area contributed by atoms with Gasteiger partial charge in [0.15, 0.2) is 0 Å². The predicted octanol–water partition coefficient (Wildman–Crippen LogP) is 1.33. The first-order valence-electron chi connectivity index (χ1n) is 7.12. The smallest absolute Gasteiger partial charge is 0.248 e. The van der Waals surface area contributed by atoms with Crippen LogP contribution >= 0.6 is 11.8 Å². The van der Waals surface area contributed by atoms with Crippen LogP contribution in [0.15, 0.2) is 24.5 Å². The van der Waals surface area contributed by atoms with E-state index in [0.717, 1.165) is 30.8 Å².